The van der Waals surface area contributed by atoms with Crippen LogP contribution in [-0.4, -0.2) is 31.9 Å². The molecule has 164 valence electrons. The van der Waals surface area contributed by atoms with Crippen molar-refractivity contribution in [2.24, 2.45) is 7.05 Å². The number of nitrogens with one attached hydrogen (secondary N) is 1. The summed E-state index contributed by atoms with van der Waals surface area (Å²) < 4.78 is 32.0. The summed E-state index contributed by atoms with van der Waals surface area (Å²) in [6.45, 7) is -3.17. The van der Waals surface area contributed by atoms with E-state index >= 15 is 0 Å². The van der Waals surface area contributed by atoms with E-state index in [1.54, 1.807) is 19.2 Å². The molecule has 2 heterocycles. The van der Waals surface area contributed by atoms with E-state index in [-0.39, 0.29) is 17.9 Å². The summed E-state index contributed by atoms with van der Waals surface area (Å²) in [4.78, 5) is 29.7. The maximum absolute atomic E-state index is 12.8. The van der Waals surface area contributed by atoms with E-state index in [4.69, 9.17) is 0 Å². The van der Waals surface area contributed by atoms with E-state index in [9.17, 15) is 18.4 Å². The lowest BCUT2D eigenvalue weighted by molar-refractivity contribution is -0.122. The summed E-state index contributed by atoms with van der Waals surface area (Å²) in [6.07, 6.45) is 2.72. The molecule has 1 atom stereocenters. The van der Waals surface area contributed by atoms with E-state index in [2.05, 4.69) is 20.1 Å². The minimum Gasteiger partial charge on any atom is -0.435 e. The van der Waals surface area contributed by atoms with Gasteiger partial charge in [-0.1, -0.05) is 42.5 Å². The monoisotopic (exact) mass is 439 g/mol. The third kappa shape index (κ3) is 4.48. The van der Waals surface area contributed by atoms with Crippen molar-refractivity contribution in [2.75, 3.05) is 0 Å². The number of nitrogens with zero attached hydrogens (tertiary/aromatic N) is 4. The highest BCUT2D eigenvalue weighted by Gasteiger charge is 2.19. The molecule has 0 fully saturated rings. The van der Waals surface area contributed by atoms with Gasteiger partial charge in [0.1, 0.15) is 24.0 Å². The Morgan fingerprint density at radius 2 is 1.78 bits per heavy atom. The number of carbonyl (C=O) groups excluding carboxylic acids is 1. The zero-order valence-corrected chi connectivity index (χ0v) is 17.0. The predicted octanol–water partition coefficient (Wildman–Crippen LogP) is 2.64. The highest BCUT2D eigenvalue weighted by molar-refractivity contribution is 5.78. The average Bonchev–Trinajstić information content (AvgIpc) is 3.16. The van der Waals surface area contributed by atoms with Crippen LogP contribution < -0.4 is 15.6 Å². The van der Waals surface area contributed by atoms with Gasteiger partial charge in [0.25, 0.3) is 5.56 Å². The normalized spacial score (nSPS) is 12.1. The zero-order chi connectivity index (χ0) is 22.7. The SMILES string of the molecule is Cn1ncc2c(=O)n(CC(=O)NC(c3ccccc3)c3ccc(OC(F)F)cc3)cnc21. The molecule has 32 heavy (non-hydrogen) atoms. The molecule has 4 rings (SSSR count). The smallest absolute Gasteiger partial charge is 0.387 e. The topological polar surface area (TPSA) is 91.0 Å². The first kappa shape index (κ1) is 21.2. The first-order chi connectivity index (χ1) is 15.4. The summed E-state index contributed by atoms with van der Waals surface area (Å²) in [6, 6.07) is 14.6. The minimum atomic E-state index is -2.92. The predicted molar refractivity (Wildman–Crippen MR) is 112 cm³/mol. The van der Waals surface area contributed by atoms with Crippen molar-refractivity contribution in [3.05, 3.63) is 88.6 Å². The summed E-state index contributed by atoms with van der Waals surface area (Å²) >= 11 is 0. The second-order valence-corrected chi connectivity index (χ2v) is 7.04. The molecule has 0 spiro atoms. The van der Waals surface area contributed by atoms with E-state index < -0.39 is 18.6 Å². The number of hydrogen-bond donors (Lipinski definition) is 1. The van der Waals surface area contributed by atoms with E-state index in [0.717, 1.165) is 5.56 Å². The third-order valence-electron chi connectivity index (χ3n) is 4.91. The number of alkyl halides is 2. The molecule has 2 aromatic carbocycles. The molecule has 0 radical (unpaired) electrons. The van der Waals surface area contributed by atoms with E-state index in [1.165, 1.54) is 33.9 Å². The van der Waals surface area contributed by atoms with Crippen LogP contribution in [0.25, 0.3) is 11.0 Å². The highest BCUT2D eigenvalue weighted by atomic mass is 19.3. The minimum absolute atomic E-state index is 0.0179. The molecule has 1 unspecified atom stereocenters. The second-order valence-electron chi connectivity index (χ2n) is 7.04. The molecule has 0 saturated carbocycles. The van der Waals surface area contributed by atoms with Crippen LogP contribution in [-0.2, 0) is 18.4 Å². The van der Waals surface area contributed by atoms with Crippen LogP contribution in [0.5, 0.6) is 5.75 Å². The number of fused-ring (bicyclic) bond motifs is 1. The molecule has 4 aromatic rings. The number of benzene rings is 2. The third-order valence-corrected chi connectivity index (χ3v) is 4.91. The summed E-state index contributed by atoms with van der Waals surface area (Å²) in [7, 11) is 1.67. The van der Waals surface area contributed by atoms with Crippen LogP contribution in [0, 0.1) is 0 Å². The van der Waals surface area contributed by atoms with Crippen LogP contribution in [0.15, 0.2) is 71.9 Å². The lowest BCUT2D eigenvalue weighted by Gasteiger charge is -2.20. The molecule has 0 aliphatic carbocycles. The van der Waals surface area contributed by atoms with Crippen LogP contribution in [0.1, 0.15) is 17.2 Å². The number of aryl methyl sites for hydroxylation is 1. The molecule has 0 aliphatic heterocycles. The lowest BCUT2D eigenvalue weighted by atomic mass is 9.98. The van der Waals surface area contributed by atoms with Crippen molar-refractivity contribution in [3.8, 4) is 5.75 Å². The van der Waals surface area contributed by atoms with E-state index in [0.29, 0.717) is 16.6 Å². The van der Waals surface area contributed by atoms with Gasteiger partial charge in [-0.3, -0.25) is 18.8 Å². The van der Waals surface area contributed by atoms with Crippen molar-refractivity contribution in [2.45, 2.75) is 19.2 Å². The second kappa shape index (κ2) is 8.96. The number of rotatable bonds is 7. The summed E-state index contributed by atoms with van der Waals surface area (Å²) in [5.74, 6) is -0.400. The van der Waals surface area contributed by atoms with Gasteiger partial charge in [0, 0.05) is 7.05 Å². The Morgan fingerprint density at radius 3 is 2.47 bits per heavy atom. The Labute approximate surface area is 181 Å². The van der Waals surface area contributed by atoms with Gasteiger partial charge in [-0.05, 0) is 23.3 Å². The fourth-order valence-corrected chi connectivity index (χ4v) is 3.39. The van der Waals surface area contributed by atoms with Crippen LogP contribution in [0.3, 0.4) is 0 Å². The molecule has 10 heteroatoms. The number of amides is 1. The number of halogens is 2. The van der Waals surface area contributed by atoms with Gasteiger partial charge in [0.05, 0.1) is 12.2 Å². The number of hydrogen-bond acceptors (Lipinski definition) is 5. The van der Waals surface area contributed by atoms with Crippen LogP contribution in [0.4, 0.5) is 8.78 Å². The maximum Gasteiger partial charge on any atom is 0.387 e. The molecule has 8 nitrogen and oxygen atoms in total. The molecular formula is C22H19F2N5O3. The van der Waals surface area contributed by atoms with Crippen LogP contribution >= 0.6 is 0 Å². The highest BCUT2D eigenvalue weighted by Crippen LogP contribution is 2.25. The first-order valence-corrected chi connectivity index (χ1v) is 9.68. The fourth-order valence-electron chi connectivity index (χ4n) is 3.39. The van der Waals surface area contributed by atoms with Crippen molar-refractivity contribution in [1.29, 1.82) is 0 Å². The van der Waals surface area contributed by atoms with Crippen molar-refractivity contribution in [3.63, 3.8) is 0 Å². The standard InChI is InChI=1S/C22H19F2N5O3/c1-28-20-17(11-26-28)21(31)29(13-25-20)12-18(30)27-19(14-5-3-2-4-6-14)15-7-9-16(10-8-15)32-22(23)24/h2-11,13,19,22H,12H2,1H3,(H,27,30). The summed E-state index contributed by atoms with van der Waals surface area (Å²) in [5, 5.41) is 7.23. The average molecular weight is 439 g/mol. The Kier molecular flexibility index (Phi) is 5.93. The van der Waals surface area contributed by atoms with Gasteiger partial charge in [-0.15, -0.1) is 0 Å². The fraction of sp³-hybridized carbons (Fsp3) is 0.182. The van der Waals surface area contributed by atoms with Gasteiger partial charge in [-0.2, -0.15) is 13.9 Å². The number of aromatic nitrogens is 4. The van der Waals surface area contributed by atoms with Gasteiger partial charge in [0.2, 0.25) is 5.91 Å². The summed E-state index contributed by atoms with van der Waals surface area (Å²) in [5.41, 5.74) is 1.51. The van der Waals surface area contributed by atoms with Crippen LogP contribution in [0.2, 0.25) is 0 Å². The lowest BCUT2D eigenvalue weighted by Crippen LogP contribution is -2.35. The molecule has 0 saturated heterocycles. The molecule has 0 aliphatic rings. The Morgan fingerprint density at radius 1 is 1.09 bits per heavy atom. The zero-order valence-electron chi connectivity index (χ0n) is 17.0. The molecule has 1 N–H and O–H groups in total. The maximum atomic E-state index is 12.8. The van der Waals surface area contributed by atoms with Crippen molar-refractivity contribution < 1.29 is 18.3 Å². The Balaban J connectivity index is 1.58. The van der Waals surface area contributed by atoms with Crippen molar-refractivity contribution >= 4 is 16.9 Å². The molecular weight excluding hydrogens is 420 g/mol. The Bertz CT molecular complexity index is 1290. The van der Waals surface area contributed by atoms with Gasteiger partial charge < -0.3 is 10.1 Å². The van der Waals surface area contributed by atoms with Gasteiger partial charge >= 0.3 is 6.61 Å². The molecule has 2 aromatic heterocycles. The van der Waals surface area contributed by atoms with E-state index in [1.807, 2.05) is 30.3 Å². The first-order valence-electron chi connectivity index (χ1n) is 9.68. The van der Waals surface area contributed by atoms with Gasteiger partial charge in [-0.25, -0.2) is 4.98 Å². The largest absolute Gasteiger partial charge is 0.435 e. The Hall–Kier alpha value is -4.08. The quantitative estimate of drug-likeness (QED) is 0.478. The molecule has 0 bridgehead atoms. The number of carbonyl (C=O) groups is 1. The van der Waals surface area contributed by atoms with Gasteiger partial charge in [0.15, 0.2) is 5.65 Å². The van der Waals surface area contributed by atoms with Crippen molar-refractivity contribution in [1.82, 2.24) is 24.6 Å². The molecule has 1 amide bonds. The number of ether oxygens (including phenoxy) is 1.